The fourth-order valence-corrected chi connectivity index (χ4v) is 3.68. The van der Waals surface area contributed by atoms with Crippen LogP contribution < -0.4 is 10.1 Å². The number of amides is 2. The Hall–Kier alpha value is -2.52. The lowest BCUT2D eigenvalue weighted by molar-refractivity contribution is -0.165. The monoisotopic (exact) mass is 364 g/mol. The lowest BCUT2D eigenvalue weighted by atomic mass is 10.2. The first-order valence-electron chi connectivity index (χ1n) is 7.52. The number of aliphatic hydroxyl groups is 1. The zero-order chi connectivity index (χ0) is 18.1. The van der Waals surface area contributed by atoms with E-state index in [1.54, 1.807) is 18.2 Å². The fourth-order valence-electron chi connectivity index (χ4n) is 2.44. The van der Waals surface area contributed by atoms with Crippen LogP contribution in [0, 0.1) is 0 Å². The third-order valence-electron chi connectivity index (χ3n) is 3.59. The van der Waals surface area contributed by atoms with Crippen LogP contribution in [0.1, 0.15) is 23.7 Å². The van der Waals surface area contributed by atoms with Crippen LogP contribution in [0.15, 0.2) is 35.1 Å². The summed E-state index contributed by atoms with van der Waals surface area (Å²) in [5.74, 6) is -0.976. The predicted octanol–water partition coefficient (Wildman–Crippen LogP) is 0.781. The van der Waals surface area contributed by atoms with Gasteiger partial charge in [0.2, 0.25) is 5.91 Å². The lowest BCUT2D eigenvalue weighted by Crippen LogP contribution is -2.48. The van der Waals surface area contributed by atoms with Crippen LogP contribution >= 0.6 is 11.8 Å². The molecule has 1 fully saturated rings. The highest BCUT2D eigenvalue weighted by Crippen LogP contribution is 2.47. The van der Waals surface area contributed by atoms with Crippen molar-refractivity contribution >= 4 is 29.5 Å². The van der Waals surface area contributed by atoms with Gasteiger partial charge in [-0.2, -0.15) is 0 Å². The normalized spacial score (nSPS) is 19.9. The number of thioether (sulfide) groups is 1. The van der Waals surface area contributed by atoms with Crippen LogP contribution in [0.2, 0.25) is 0 Å². The summed E-state index contributed by atoms with van der Waals surface area (Å²) in [6.45, 7) is 1.29. The van der Waals surface area contributed by atoms with E-state index in [1.165, 1.54) is 36.7 Å². The molecule has 0 aromatic heterocycles. The molecule has 3 rings (SSSR count). The standard InChI is InChI=1S/C16H16N2O6S/c1-8(19)23-15(22)13-16(25-12-7-11(20)18(12)13)24-10-5-3-4-9(6-10)14(21)17-2/h3-6,8,12,19H,7H2,1-2H3,(H,17,21)/t8-,12-/m1/s1. The van der Waals surface area contributed by atoms with Crippen LogP contribution in [0.25, 0.3) is 0 Å². The minimum atomic E-state index is -1.31. The van der Waals surface area contributed by atoms with Crippen LogP contribution in [-0.2, 0) is 14.3 Å². The van der Waals surface area contributed by atoms with Crippen molar-refractivity contribution in [3.05, 3.63) is 40.6 Å². The van der Waals surface area contributed by atoms with Gasteiger partial charge in [-0.25, -0.2) is 4.79 Å². The number of aliphatic hydroxyl groups excluding tert-OH is 1. The van der Waals surface area contributed by atoms with E-state index < -0.39 is 12.3 Å². The van der Waals surface area contributed by atoms with Gasteiger partial charge in [0.15, 0.2) is 17.1 Å². The second-order valence-corrected chi connectivity index (χ2v) is 6.54. The molecule has 8 nitrogen and oxygen atoms in total. The predicted molar refractivity (Wildman–Crippen MR) is 88.1 cm³/mol. The molecule has 132 valence electrons. The SMILES string of the molecule is CNC(=O)c1cccc(OC2=C(C(=O)O[C@H](C)O)N3C(=O)C[C@H]3S2)c1. The number of nitrogens with one attached hydrogen (secondary N) is 1. The van der Waals surface area contributed by atoms with E-state index in [0.29, 0.717) is 17.7 Å². The molecule has 1 aromatic rings. The van der Waals surface area contributed by atoms with Crippen LogP contribution in [0.3, 0.4) is 0 Å². The number of hydrogen-bond donors (Lipinski definition) is 2. The molecule has 0 bridgehead atoms. The van der Waals surface area contributed by atoms with Crippen molar-refractivity contribution < 1.29 is 29.0 Å². The summed E-state index contributed by atoms with van der Waals surface area (Å²) in [5.41, 5.74) is 0.369. The molecule has 0 spiro atoms. The highest BCUT2D eigenvalue weighted by atomic mass is 32.2. The Labute approximate surface area is 147 Å². The molecule has 25 heavy (non-hydrogen) atoms. The summed E-state index contributed by atoms with van der Waals surface area (Å²) in [5, 5.41) is 11.8. The molecule has 0 radical (unpaired) electrons. The van der Waals surface area contributed by atoms with E-state index in [-0.39, 0.29) is 28.0 Å². The maximum atomic E-state index is 12.2. The molecule has 2 aliphatic rings. The van der Waals surface area contributed by atoms with Crippen molar-refractivity contribution in [3.63, 3.8) is 0 Å². The van der Waals surface area contributed by atoms with Gasteiger partial charge in [-0.05, 0) is 25.1 Å². The van der Waals surface area contributed by atoms with Crippen molar-refractivity contribution in [2.45, 2.75) is 25.0 Å². The van der Waals surface area contributed by atoms with Gasteiger partial charge in [0.25, 0.3) is 5.91 Å². The summed E-state index contributed by atoms with van der Waals surface area (Å²) >= 11 is 1.22. The Morgan fingerprint density at radius 3 is 2.84 bits per heavy atom. The number of β-lactam (4-membered cyclic amide) rings is 1. The fraction of sp³-hybridized carbons (Fsp3) is 0.312. The second kappa shape index (κ2) is 6.77. The molecule has 2 N–H and O–H groups in total. The van der Waals surface area contributed by atoms with Crippen molar-refractivity contribution in [1.29, 1.82) is 0 Å². The number of carbonyl (C=O) groups is 3. The maximum Gasteiger partial charge on any atom is 0.361 e. The van der Waals surface area contributed by atoms with E-state index in [1.807, 2.05) is 0 Å². The summed E-state index contributed by atoms with van der Waals surface area (Å²) in [7, 11) is 1.52. The number of nitrogens with zero attached hydrogens (tertiary/aromatic N) is 1. The average Bonchev–Trinajstić information content (AvgIpc) is 2.86. The molecule has 2 amide bonds. The zero-order valence-electron chi connectivity index (χ0n) is 13.5. The number of fused-ring (bicyclic) bond motifs is 1. The molecular formula is C16H16N2O6S. The first-order valence-corrected chi connectivity index (χ1v) is 8.40. The van der Waals surface area contributed by atoms with E-state index >= 15 is 0 Å². The van der Waals surface area contributed by atoms with Gasteiger partial charge >= 0.3 is 5.97 Å². The van der Waals surface area contributed by atoms with Gasteiger partial charge in [-0.3, -0.25) is 14.5 Å². The van der Waals surface area contributed by atoms with Crippen molar-refractivity contribution in [2.24, 2.45) is 0 Å². The van der Waals surface area contributed by atoms with Gasteiger partial charge in [0.1, 0.15) is 5.75 Å². The Bertz CT molecular complexity index is 776. The maximum absolute atomic E-state index is 12.2. The van der Waals surface area contributed by atoms with Crippen molar-refractivity contribution in [1.82, 2.24) is 10.2 Å². The number of ether oxygens (including phenoxy) is 2. The molecule has 2 atom stereocenters. The number of rotatable bonds is 5. The molecule has 2 heterocycles. The van der Waals surface area contributed by atoms with E-state index in [0.717, 1.165) is 0 Å². The highest BCUT2D eigenvalue weighted by molar-refractivity contribution is 8.03. The Balaban J connectivity index is 1.89. The van der Waals surface area contributed by atoms with Crippen LogP contribution in [-0.4, -0.2) is 46.5 Å². The lowest BCUT2D eigenvalue weighted by Gasteiger charge is -2.33. The number of carbonyl (C=O) groups excluding carboxylic acids is 3. The minimum absolute atomic E-state index is 0.0301. The first kappa shape index (κ1) is 17.3. The van der Waals surface area contributed by atoms with E-state index in [9.17, 15) is 19.5 Å². The van der Waals surface area contributed by atoms with Crippen molar-refractivity contribution in [3.8, 4) is 5.75 Å². The molecule has 0 aliphatic carbocycles. The average molecular weight is 364 g/mol. The quantitative estimate of drug-likeness (QED) is 0.452. The molecule has 0 unspecified atom stereocenters. The van der Waals surface area contributed by atoms with Gasteiger partial charge < -0.3 is 19.9 Å². The smallest absolute Gasteiger partial charge is 0.361 e. The summed E-state index contributed by atoms with van der Waals surface area (Å²) in [6.07, 6.45) is -1.01. The van der Waals surface area contributed by atoms with Gasteiger partial charge in [-0.15, -0.1) is 0 Å². The molecule has 1 aromatic carbocycles. The largest absolute Gasteiger partial charge is 0.448 e. The molecule has 1 saturated heterocycles. The van der Waals surface area contributed by atoms with E-state index in [4.69, 9.17) is 9.47 Å². The first-order chi connectivity index (χ1) is 11.9. The second-order valence-electron chi connectivity index (χ2n) is 5.39. The Morgan fingerprint density at radius 2 is 2.20 bits per heavy atom. The minimum Gasteiger partial charge on any atom is -0.448 e. The molecule has 9 heteroatoms. The number of esters is 1. The molecule has 0 saturated carbocycles. The van der Waals surface area contributed by atoms with Crippen molar-refractivity contribution in [2.75, 3.05) is 7.05 Å². The Kier molecular flexibility index (Phi) is 4.69. The zero-order valence-corrected chi connectivity index (χ0v) is 14.3. The van der Waals surface area contributed by atoms with Gasteiger partial charge in [0.05, 0.1) is 11.8 Å². The number of benzene rings is 1. The molecular weight excluding hydrogens is 348 g/mol. The topological polar surface area (TPSA) is 105 Å². The Morgan fingerprint density at radius 1 is 1.44 bits per heavy atom. The van der Waals surface area contributed by atoms with Gasteiger partial charge in [0, 0.05) is 12.6 Å². The molecule has 2 aliphatic heterocycles. The van der Waals surface area contributed by atoms with E-state index in [2.05, 4.69) is 5.32 Å². The number of hydrogen-bond acceptors (Lipinski definition) is 7. The van der Waals surface area contributed by atoms with Gasteiger partial charge in [-0.1, -0.05) is 17.8 Å². The summed E-state index contributed by atoms with van der Waals surface area (Å²) < 4.78 is 10.5. The highest BCUT2D eigenvalue weighted by Gasteiger charge is 2.50. The van der Waals surface area contributed by atoms with Crippen LogP contribution in [0.4, 0.5) is 0 Å². The summed E-state index contributed by atoms with van der Waals surface area (Å²) in [4.78, 5) is 37.0. The summed E-state index contributed by atoms with van der Waals surface area (Å²) in [6, 6.07) is 6.44. The third kappa shape index (κ3) is 3.33. The third-order valence-corrected chi connectivity index (χ3v) is 4.73. The van der Waals surface area contributed by atoms with Crippen LogP contribution in [0.5, 0.6) is 5.75 Å².